The molecule has 0 aliphatic heterocycles. The largest absolute Gasteiger partial charge is 0.345 e. The molecule has 5 heteroatoms. The second kappa shape index (κ2) is 7.23. The summed E-state index contributed by atoms with van der Waals surface area (Å²) in [6.45, 7) is 8.20. The molecule has 0 fully saturated rings. The van der Waals surface area contributed by atoms with Gasteiger partial charge in [0.15, 0.2) is 0 Å². The highest BCUT2D eigenvalue weighted by molar-refractivity contribution is 7.14. The number of aromatic nitrogens is 2. The molecule has 130 valence electrons. The van der Waals surface area contributed by atoms with Crippen molar-refractivity contribution in [3.05, 3.63) is 69.2 Å². The Morgan fingerprint density at radius 2 is 2.00 bits per heavy atom. The summed E-state index contributed by atoms with van der Waals surface area (Å²) in [4.78, 5) is 14.6. The maximum atomic E-state index is 12.6. The molecule has 0 aliphatic rings. The molecule has 3 aromatic rings. The molecular weight excluding hydrogens is 330 g/mol. The van der Waals surface area contributed by atoms with Gasteiger partial charge in [-0.05, 0) is 51.0 Å². The van der Waals surface area contributed by atoms with E-state index >= 15 is 0 Å². The number of carbonyl (C=O) groups excluding carboxylic acids is 1. The van der Waals surface area contributed by atoms with Crippen molar-refractivity contribution in [3.8, 4) is 5.69 Å². The Labute approximate surface area is 152 Å². The summed E-state index contributed by atoms with van der Waals surface area (Å²) >= 11 is 1.58. The first kappa shape index (κ1) is 17.4. The number of benzene rings is 1. The van der Waals surface area contributed by atoms with Crippen molar-refractivity contribution in [1.29, 1.82) is 0 Å². The number of para-hydroxylation sites is 1. The van der Waals surface area contributed by atoms with Gasteiger partial charge in [-0.3, -0.25) is 4.79 Å². The second-order valence-corrected chi connectivity index (χ2v) is 7.33. The van der Waals surface area contributed by atoms with Crippen LogP contribution in [0.5, 0.6) is 0 Å². The normalized spacial score (nSPS) is 12.2. The van der Waals surface area contributed by atoms with E-state index in [0.29, 0.717) is 0 Å². The van der Waals surface area contributed by atoms with E-state index in [1.54, 1.807) is 11.3 Å². The maximum Gasteiger partial charge on any atom is 0.261 e. The first-order chi connectivity index (χ1) is 12.0. The van der Waals surface area contributed by atoms with Crippen LogP contribution in [0.3, 0.4) is 0 Å². The first-order valence-electron chi connectivity index (χ1n) is 8.51. The number of aryl methyl sites for hydroxylation is 2. The van der Waals surface area contributed by atoms with Crippen LogP contribution in [0, 0.1) is 13.8 Å². The fraction of sp³-hybridized carbons (Fsp3) is 0.300. The third-order valence-corrected chi connectivity index (χ3v) is 5.81. The molecule has 3 rings (SSSR count). The van der Waals surface area contributed by atoms with Crippen LogP contribution in [0.4, 0.5) is 0 Å². The van der Waals surface area contributed by atoms with Crippen LogP contribution >= 0.6 is 11.3 Å². The Balaban J connectivity index is 1.78. The molecule has 2 heterocycles. The third kappa shape index (κ3) is 3.51. The van der Waals surface area contributed by atoms with Crippen molar-refractivity contribution >= 4 is 17.2 Å². The zero-order valence-electron chi connectivity index (χ0n) is 15.0. The molecule has 0 saturated heterocycles. The Bertz CT molecular complexity index is 880. The smallest absolute Gasteiger partial charge is 0.261 e. The number of nitrogens with one attached hydrogen (secondary N) is 1. The minimum atomic E-state index is -0.0996. The molecule has 2 aromatic heterocycles. The van der Waals surface area contributed by atoms with Crippen LogP contribution in [0.2, 0.25) is 0 Å². The summed E-state index contributed by atoms with van der Waals surface area (Å²) in [6, 6.07) is 11.9. The average Bonchev–Trinajstić information content (AvgIpc) is 3.18. The van der Waals surface area contributed by atoms with Crippen LogP contribution in [0.1, 0.15) is 51.3 Å². The molecule has 0 saturated carbocycles. The monoisotopic (exact) mass is 353 g/mol. The van der Waals surface area contributed by atoms with E-state index in [4.69, 9.17) is 0 Å². The molecule has 25 heavy (non-hydrogen) atoms. The minimum absolute atomic E-state index is 0.0211. The van der Waals surface area contributed by atoms with Crippen LogP contribution in [-0.4, -0.2) is 15.7 Å². The maximum absolute atomic E-state index is 12.6. The minimum Gasteiger partial charge on any atom is -0.345 e. The molecule has 0 spiro atoms. The van der Waals surface area contributed by atoms with Crippen LogP contribution in [0.15, 0.2) is 42.6 Å². The topological polar surface area (TPSA) is 46.9 Å². The molecule has 0 radical (unpaired) electrons. The van der Waals surface area contributed by atoms with Crippen LogP contribution in [0.25, 0.3) is 5.69 Å². The summed E-state index contributed by atoms with van der Waals surface area (Å²) in [7, 11) is 0. The van der Waals surface area contributed by atoms with Gasteiger partial charge >= 0.3 is 0 Å². The Morgan fingerprint density at radius 1 is 1.28 bits per heavy atom. The Hall–Kier alpha value is -2.40. The van der Waals surface area contributed by atoms with Gasteiger partial charge in [0.2, 0.25) is 0 Å². The highest BCUT2D eigenvalue weighted by Crippen LogP contribution is 2.24. The number of hydrogen-bond donors (Lipinski definition) is 1. The van der Waals surface area contributed by atoms with Gasteiger partial charge in [0.25, 0.3) is 5.91 Å². The van der Waals surface area contributed by atoms with Crippen LogP contribution < -0.4 is 5.32 Å². The van der Waals surface area contributed by atoms with E-state index in [9.17, 15) is 4.79 Å². The lowest BCUT2D eigenvalue weighted by molar-refractivity contribution is 0.0944. The van der Waals surface area contributed by atoms with E-state index in [2.05, 4.69) is 24.3 Å². The predicted molar refractivity (Wildman–Crippen MR) is 103 cm³/mol. The fourth-order valence-electron chi connectivity index (χ4n) is 3.01. The molecule has 1 atom stereocenters. The number of rotatable bonds is 5. The molecule has 0 bridgehead atoms. The van der Waals surface area contributed by atoms with Crippen molar-refractivity contribution in [3.63, 3.8) is 0 Å². The molecule has 1 unspecified atom stereocenters. The number of amides is 1. The van der Waals surface area contributed by atoms with E-state index in [1.807, 2.05) is 61.1 Å². The van der Waals surface area contributed by atoms with E-state index in [-0.39, 0.29) is 11.9 Å². The average molecular weight is 353 g/mol. The number of carbonyl (C=O) groups is 1. The number of thiophene rings is 1. The van der Waals surface area contributed by atoms with Gasteiger partial charge in [-0.25, -0.2) is 4.68 Å². The summed E-state index contributed by atoms with van der Waals surface area (Å²) in [5, 5.41) is 7.59. The van der Waals surface area contributed by atoms with Crippen molar-refractivity contribution < 1.29 is 4.79 Å². The Kier molecular flexibility index (Phi) is 5.04. The van der Waals surface area contributed by atoms with Gasteiger partial charge in [-0.1, -0.05) is 25.1 Å². The quantitative estimate of drug-likeness (QED) is 0.728. The molecule has 1 aromatic carbocycles. The summed E-state index contributed by atoms with van der Waals surface area (Å²) < 4.78 is 1.91. The van der Waals surface area contributed by atoms with Crippen molar-refractivity contribution in [2.75, 3.05) is 0 Å². The van der Waals surface area contributed by atoms with Gasteiger partial charge in [0.05, 0.1) is 22.8 Å². The van der Waals surface area contributed by atoms with E-state index in [0.717, 1.165) is 28.2 Å². The second-order valence-electron chi connectivity index (χ2n) is 6.20. The van der Waals surface area contributed by atoms with Crippen molar-refractivity contribution in [2.24, 2.45) is 0 Å². The van der Waals surface area contributed by atoms with E-state index < -0.39 is 0 Å². The van der Waals surface area contributed by atoms with Gasteiger partial charge < -0.3 is 5.32 Å². The molecule has 4 nitrogen and oxygen atoms in total. The molecule has 1 amide bonds. The van der Waals surface area contributed by atoms with E-state index in [1.165, 1.54) is 10.4 Å². The fourth-order valence-corrected chi connectivity index (χ4v) is 4.02. The number of nitrogens with zero attached hydrogens (tertiary/aromatic N) is 2. The highest BCUT2D eigenvalue weighted by atomic mass is 32.1. The summed E-state index contributed by atoms with van der Waals surface area (Å²) in [5.74, 6) is -0.0211. The van der Waals surface area contributed by atoms with Gasteiger partial charge in [-0.15, -0.1) is 11.3 Å². The third-order valence-electron chi connectivity index (χ3n) is 4.43. The van der Waals surface area contributed by atoms with Crippen molar-refractivity contribution in [2.45, 2.75) is 40.2 Å². The summed E-state index contributed by atoms with van der Waals surface area (Å²) in [6.07, 6.45) is 2.80. The standard InChI is InChI=1S/C20H23N3OS/c1-5-18-13(2)11-19(25-18)20(24)22-14(3)17-12-21-23(15(17)4)16-9-7-6-8-10-16/h6-12,14H,5H2,1-4H3,(H,22,24). The van der Waals surface area contributed by atoms with Gasteiger partial charge in [0, 0.05) is 16.1 Å². The highest BCUT2D eigenvalue weighted by Gasteiger charge is 2.18. The predicted octanol–water partition coefficient (Wildman–Crippen LogP) is 4.60. The molecular formula is C20H23N3OS. The van der Waals surface area contributed by atoms with Gasteiger partial charge in [0.1, 0.15) is 0 Å². The van der Waals surface area contributed by atoms with Crippen molar-refractivity contribution in [1.82, 2.24) is 15.1 Å². The first-order valence-corrected chi connectivity index (χ1v) is 9.33. The lowest BCUT2D eigenvalue weighted by atomic mass is 10.1. The van der Waals surface area contributed by atoms with Crippen LogP contribution in [-0.2, 0) is 6.42 Å². The zero-order valence-corrected chi connectivity index (χ0v) is 15.9. The summed E-state index contributed by atoms with van der Waals surface area (Å²) in [5.41, 5.74) is 4.28. The number of hydrogen-bond acceptors (Lipinski definition) is 3. The van der Waals surface area contributed by atoms with Gasteiger partial charge in [-0.2, -0.15) is 5.10 Å². The Morgan fingerprint density at radius 3 is 2.64 bits per heavy atom. The SMILES string of the molecule is CCc1sc(C(=O)NC(C)c2cnn(-c3ccccc3)c2C)cc1C. The lowest BCUT2D eigenvalue weighted by Gasteiger charge is -2.13. The zero-order chi connectivity index (χ0) is 18.0. The lowest BCUT2D eigenvalue weighted by Crippen LogP contribution is -2.26. The molecule has 0 aliphatic carbocycles. The molecule has 1 N–H and O–H groups in total.